The molecule has 0 spiro atoms. The van der Waals surface area contributed by atoms with E-state index < -0.39 is 0 Å². The highest BCUT2D eigenvalue weighted by Crippen LogP contribution is 2.28. The number of nitrogens with zero attached hydrogens (tertiary/aromatic N) is 2. The molecule has 1 aromatic carbocycles. The molecule has 1 atom stereocenters. The third kappa shape index (κ3) is 2.73. The molecule has 1 aliphatic heterocycles. The molecule has 1 saturated heterocycles. The van der Waals surface area contributed by atoms with Crippen LogP contribution in [0.25, 0.3) is 0 Å². The average molecular weight is 242 g/mol. The molecule has 1 unspecified atom stereocenters. The molecule has 2 heteroatoms. The third-order valence-corrected chi connectivity index (χ3v) is 3.94. The molecule has 1 fully saturated rings. The van der Waals surface area contributed by atoms with E-state index in [0.717, 1.165) is 13.1 Å². The van der Waals surface area contributed by atoms with Crippen LogP contribution in [0.5, 0.6) is 0 Å². The van der Waals surface area contributed by atoms with Crippen molar-refractivity contribution in [3.63, 3.8) is 0 Å². The quantitative estimate of drug-likeness (QED) is 0.790. The number of aryl methyl sites for hydroxylation is 2. The Kier molecular flexibility index (Phi) is 4.38. The fourth-order valence-corrected chi connectivity index (χ4v) is 2.94. The monoisotopic (exact) mass is 242 g/mol. The van der Waals surface area contributed by atoms with E-state index in [-0.39, 0.29) is 6.04 Å². The fraction of sp³-hybridized carbons (Fsp3) is 0.562. The summed E-state index contributed by atoms with van der Waals surface area (Å²) >= 11 is 0. The number of nitriles is 1. The van der Waals surface area contributed by atoms with Crippen LogP contribution in [-0.2, 0) is 0 Å². The molecule has 96 valence electrons. The van der Waals surface area contributed by atoms with E-state index in [1.165, 1.54) is 42.4 Å². The average Bonchev–Trinajstić information content (AvgIpc) is 2.63. The number of rotatable bonds is 2. The SMILES string of the molecule is Cc1cccc(C)c1C(C#N)N1CCCCCC1. The topological polar surface area (TPSA) is 27.0 Å². The largest absolute Gasteiger partial charge is 0.284 e. The van der Waals surface area contributed by atoms with Gasteiger partial charge in [0.15, 0.2) is 0 Å². The number of benzene rings is 1. The van der Waals surface area contributed by atoms with Crippen LogP contribution >= 0.6 is 0 Å². The lowest BCUT2D eigenvalue weighted by Crippen LogP contribution is -2.29. The van der Waals surface area contributed by atoms with Gasteiger partial charge in [-0.25, -0.2) is 0 Å². The molecular weight excluding hydrogens is 220 g/mol. The predicted octanol–water partition coefficient (Wildman–Crippen LogP) is 3.74. The van der Waals surface area contributed by atoms with Gasteiger partial charge in [-0.3, -0.25) is 4.90 Å². The minimum atomic E-state index is -0.0655. The number of hydrogen-bond acceptors (Lipinski definition) is 2. The lowest BCUT2D eigenvalue weighted by Gasteiger charge is -2.27. The van der Waals surface area contributed by atoms with Crippen molar-refractivity contribution in [3.8, 4) is 6.07 Å². The van der Waals surface area contributed by atoms with Crippen molar-refractivity contribution in [1.29, 1.82) is 5.26 Å². The van der Waals surface area contributed by atoms with Gasteiger partial charge in [0.1, 0.15) is 6.04 Å². The summed E-state index contributed by atoms with van der Waals surface area (Å²) in [5, 5.41) is 9.58. The van der Waals surface area contributed by atoms with E-state index in [1.54, 1.807) is 0 Å². The Morgan fingerprint density at radius 3 is 2.11 bits per heavy atom. The van der Waals surface area contributed by atoms with E-state index in [2.05, 4.69) is 43.0 Å². The smallest absolute Gasteiger partial charge is 0.124 e. The summed E-state index contributed by atoms with van der Waals surface area (Å²) < 4.78 is 0. The summed E-state index contributed by atoms with van der Waals surface area (Å²) in [5.41, 5.74) is 3.71. The molecule has 1 aromatic rings. The van der Waals surface area contributed by atoms with E-state index >= 15 is 0 Å². The Morgan fingerprint density at radius 2 is 1.61 bits per heavy atom. The lowest BCUT2D eigenvalue weighted by atomic mass is 9.95. The van der Waals surface area contributed by atoms with Gasteiger partial charge in [-0.15, -0.1) is 0 Å². The van der Waals surface area contributed by atoms with Crippen LogP contribution in [0.1, 0.15) is 48.4 Å². The molecule has 0 amide bonds. The van der Waals surface area contributed by atoms with Gasteiger partial charge in [-0.2, -0.15) is 5.26 Å². The Hall–Kier alpha value is -1.33. The summed E-state index contributed by atoms with van der Waals surface area (Å²) in [6.45, 7) is 6.35. The van der Waals surface area contributed by atoms with Crippen molar-refractivity contribution >= 4 is 0 Å². The normalized spacial score (nSPS) is 18.9. The van der Waals surface area contributed by atoms with Crippen LogP contribution in [0.2, 0.25) is 0 Å². The van der Waals surface area contributed by atoms with Gasteiger partial charge in [-0.1, -0.05) is 31.0 Å². The Labute approximate surface area is 110 Å². The standard InChI is InChI=1S/C16H22N2/c1-13-8-7-9-14(2)16(13)15(12-17)18-10-5-3-4-6-11-18/h7-9,15H,3-6,10-11H2,1-2H3. The first-order chi connectivity index (χ1) is 8.74. The molecule has 2 rings (SSSR count). The van der Waals surface area contributed by atoms with Gasteiger partial charge in [0.2, 0.25) is 0 Å². The highest BCUT2D eigenvalue weighted by Gasteiger charge is 2.23. The first-order valence-electron chi connectivity index (χ1n) is 6.94. The van der Waals surface area contributed by atoms with Crippen LogP contribution in [-0.4, -0.2) is 18.0 Å². The minimum Gasteiger partial charge on any atom is -0.284 e. The van der Waals surface area contributed by atoms with Gasteiger partial charge >= 0.3 is 0 Å². The summed E-state index contributed by atoms with van der Waals surface area (Å²) in [6, 6.07) is 8.76. The lowest BCUT2D eigenvalue weighted by molar-refractivity contribution is 0.244. The van der Waals surface area contributed by atoms with Crippen molar-refractivity contribution in [1.82, 2.24) is 4.90 Å². The second kappa shape index (κ2) is 6.02. The maximum absolute atomic E-state index is 9.58. The first kappa shape index (κ1) is 13.1. The Balaban J connectivity index is 2.30. The molecule has 0 bridgehead atoms. The van der Waals surface area contributed by atoms with Crippen molar-refractivity contribution in [3.05, 3.63) is 34.9 Å². The molecule has 0 aromatic heterocycles. The third-order valence-electron chi connectivity index (χ3n) is 3.94. The maximum atomic E-state index is 9.58. The summed E-state index contributed by atoms with van der Waals surface area (Å²) in [7, 11) is 0. The first-order valence-corrected chi connectivity index (χ1v) is 6.94. The van der Waals surface area contributed by atoms with Crippen molar-refractivity contribution in [2.45, 2.75) is 45.6 Å². The van der Waals surface area contributed by atoms with Crippen LogP contribution < -0.4 is 0 Å². The summed E-state index contributed by atoms with van der Waals surface area (Å²) in [4.78, 5) is 2.36. The molecule has 2 nitrogen and oxygen atoms in total. The second-order valence-electron chi connectivity index (χ2n) is 5.29. The maximum Gasteiger partial charge on any atom is 0.124 e. The zero-order valence-corrected chi connectivity index (χ0v) is 11.4. The molecule has 0 aliphatic carbocycles. The van der Waals surface area contributed by atoms with Crippen LogP contribution in [0.4, 0.5) is 0 Å². The van der Waals surface area contributed by atoms with Crippen molar-refractivity contribution in [2.75, 3.05) is 13.1 Å². The minimum absolute atomic E-state index is 0.0655. The highest BCUT2D eigenvalue weighted by molar-refractivity contribution is 5.39. The summed E-state index contributed by atoms with van der Waals surface area (Å²) in [5.74, 6) is 0. The van der Waals surface area contributed by atoms with Gasteiger partial charge in [-0.05, 0) is 56.5 Å². The van der Waals surface area contributed by atoms with E-state index in [9.17, 15) is 5.26 Å². The molecule has 1 heterocycles. The Morgan fingerprint density at radius 1 is 1.06 bits per heavy atom. The highest BCUT2D eigenvalue weighted by atomic mass is 15.2. The molecule has 0 radical (unpaired) electrons. The molecule has 18 heavy (non-hydrogen) atoms. The van der Waals surface area contributed by atoms with Crippen LogP contribution in [0.15, 0.2) is 18.2 Å². The van der Waals surface area contributed by atoms with Gasteiger partial charge in [0.25, 0.3) is 0 Å². The fourth-order valence-electron chi connectivity index (χ4n) is 2.94. The molecule has 0 saturated carbocycles. The van der Waals surface area contributed by atoms with Crippen molar-refractivity contribution < 1.29 is 0 Å². The summed E-state index contributed by atoms with van der Waals surface area (Å²) in [6.07, 6.45) is 5.06. The number of likely N-dealkylation sites (tertiary alicyclic amines) is 1. The zero-order chi connectivity index (χ0) is 13.0. The predicted molar refractivity (Wildman–Crippen MR) is 74.3 cm³/mol. The molecule has 1 aliphatic rings. The van der Waals surface area contributed by atoms with E-state index in [4.69, 9.17) is 0 Å². The van der Waals surface area contributed by atoms with Crippen LogP contribution in [0, 0.1) is 25.2 Å². The number of hydrogen-bond donors (Lipinski definition) is 0. The van der Waals surface area contributed by atoms with Gasteiger partial charge in [0, 0.05) is 0 Å². The molecular formula is C16H22N2. The van der Waals surface area contributed by atoms with Crippen molar-refractivity contribution in [2.24, 2.45) is 0 Å². The Bertz CT molecular complexity index is 417. The molecule has 0 N–H and O–H groups in total. The van der Waals surface area contributed by atoms with E-state index in [0.29, 0.717) is 0 Å². The van der Waals surface area contributed by atoms with Gasteiger partial charge in [0.05, 0.1) is 6.07 Å². The van der Waals surface area contributed by atoms with Gasteiger partial charge < -0.3 is 0 Å². The van der Waals surface area contributed by atoms with Crippen LogP contribution in [0.3, 0.4) is 0 Å². The second-order valence-corrected chi connectivity index (χ2v) is 5.29. The zero-order valence-electron chi connectivity index (χ0n) is 11.4. The van der Waals surface area contributed by atoms with E-state index in [1.807, 2.05) is 0 Å².